The lowest BCUT2D eigenvalue weighted by molar-refractivity contribution is -0.168. The fraction of sp³-hybridized carbons (Fsp3) is 0.619. The molecule has 4 rings (SSSR count). The molecule has 2 N–H and O–H groups in total. The van der Waals surface area contributed by atoms with Gasteiger partial charge in [-0.3, -0.25) is 24.5 Å². The van der Waals surface area contributed by atoms with Crippen molar-refractivity contribution >= 4 is 74.4 Å². The number of carbonyl (C=O) groups is 6. The number of ketones is 1. The van der Waals surface area contributed by atoms with Gasteiger partial charge in [-0.1, -0.05) is 63.9 Å². The first-order chi connectivity index (χ1) is 28.6. The van der Waals surface area contributed by atoms with Crippen LogP contribution in [-0.4, -0.2) is 146 Å². The first-order valence-electron chi connectivity index (χ1n) is 19.8. The number of likely N-dealkylation sites (N-methyl/N-ethyl adjacent to an activating group) is 2. The van der Waals surface area contributed by atoms with Crippen LogP contribution in [0.3, 0.4) is 0 Å². The Hall–Kier alpha value is -3.81. The number of hydrogen-bond acceptors (Lipinski definition) is 14. The number of allylic oxidation sites excluding steroid dienone is 3. The molecule has 2 fully saturated rings. The van der Waals surface area contributed by atoms with Crippen LogP contribution in [0.25, 0.3) is 0 Å². The molecule has 0 aliphatic carbocycles. The summed E-state index contributed by atoms with van der Waals surface area (Å²) in [5.41, 5.74) is -1.85. The van der Waals surface area contributed by atoms with Crippen LogP contribution in [0.1, 0.15) is 59.9 Å². The largest absolute Gasteiger partial charge is 0.495 e. The van der Waals surface area contributed by atoms with E-state index < -0.39 is 89.3 Å². The summed E-state index contributed by atoms with van der Waals surface area (Å²) in [7, 11) is 10.1. The van der Waals surface area contributed by atoms with Crippen LogP contribution in [0.4, 0.5) is 10.5 Å². The maximum absolute atomic E-state index is 15.3. The SMILES string of the molecule is COc1cc2cc(c1Cl)N(C)C(=O)C(C(=O)[C@@H](C)N(C)C(=O)CCSSC)[C@H](OC(=O)[C@H](C)N(C)C(C)=O)[C@]1(C)O[C@H]1[C@H](C)[C@@H]1C[C@@](O)(NC(=O)O1)C(OC)/C=C/C=C(\C)C2. The molecule has 4 bridgehead atoms. The molecule has 0 spiro atoms. The van der Waals surface area contributed by atoms with Gasteiger partial charge in [-0.25, -0.2) is 9.59 Å². The summed E-state index contributed by atoms with van der Waals surface area (Å²) in [6.45, 7) is 9.36. The fourth-order valence-corrected chi connectivity index (χ4v) is 9.23. The van der Waals surface area contributed by atoms with E-state index in [0.717, 1.165) is 10.5 Å². The summed E-state index contributed by atoms with van der Waals surface area (Å²) in [6.07, 6.45) is 1.72. The van der Waals surface area contributed by atoms with Crippen molar-refractivity contribution in [3.8, 4) is 5.75 Å². The number of benzene rings is 1. The molecular formula is C42H59ClN4O12S2. The van der Waals surface area contributed by atoms with Gasteiger partial charge in [-0.05, 0) is 58.1 Å². The number of rotatable bonds is 12. The maximum atomic E-state index is 15.3. The predicted molar refractivity (Wildman–Crippen MR) is 233 cm³/mol. The van der Waals surface area contributed by atoms with Gasteiger partial charge in [0.05, 0.1) is 24.9 Å². The molecule has 2 saturated heterocycles. The van der Waals surface area contributed by atoms with Crippen LogP contribution in [-0.2, 0) is 49.3 Å². The van der Waals surface area contributed by atoms with Crippen molar-refractivity contribution in [2.24, 2.45) is 11.8 Å². The van der Waals surface area contributed by atoms with Gasteiger partial charge in [0.2, 0.25) is 17.7 Å². The summed E-state index contributed by atoms with van der Waals surface area (Å²) in [4.78, 5) is 87.1. The minimum absolute atomic E-state index is 0.0655. The molecule has 3 heterocycles. The van der Waals surface area contributed by atoms with E-state index in [0.29, 0.717) is 17.7 Å². The lowest BCUT2D eigenvalue weighted by atomic mass is 9.78. The second kappa shape index (κ2) is 20.6. The Morgan fingerprint density at radius 3 is 2.41 bits per heavy atom. The fourth-order valence-electron chi connectivity index (χ4n) is 7.74. The number of fused-ring (bicyclic) bond motifs is 5. The second-order valence-electron chi connectivity index (χ2n) is 16.0. The molecule has 19 heteroatoms. The van der Waals surface area contributed by atoms with Crippen LogP contribution in [0.2, 0.25) is 5.02 Å². The highest BCUT2D eigenvalue weighted by atomic mass is 35.5. The Bertz CT molecular complexity index is 1920. The van der Waals surface area contributed by atoms with Crippen molar-refractivity contribution in [3.05, 3.63) is 46.5 Å². The van der Waals surface area contributed by atoms with Crippen molar-refractivity contribution in [1.29, 1.82) is 0 Å². The topological polar surface area (TPSA) is 194 Å². The monoisotopic (exact) mass is 910 g/mol. The van der Waals surface area contributed by atoms with Crippen LogP contribution in [0.5, 0.6) is 5.75 Å². The van der Waals surface area contributed by atoms with Gasteiger partial charge in [0.25, 0.3) is 0 Å². The van der Waals surface area contributed by atoms with Gasteiger partial charge >= 0.3 is 12.1 Å². The number of methoxy groups -OCH3 is 2. The third kappa shape index (κ3) is 11.1. The Kier molecular flexibility index (Phi) is 16.8. The number of esters is 1. The minimum atomic E-state index is -1.94. The van der Waals surface area contributed by atoms with Crippen LogP contribution < -0.4 is 15.0 Å². The number of nitrogens with one attached hydrogen (secondary N) is 1. The predicted octanol–water partition coefficient (Wildman–Crippen LogP) is 4.58. The average molecular weight is 912 g/mol. The Labute approximate surface area is 370 Å². The normalized spacial score (nSPS) is 30.3. The third-order valence-electron chi connectivity index (χ3n) is 11.9. The van der Waals surface area contributed by atoms with E-state index in [2.05, 4.69) is 5.32 Å². The number of ether oxygens (including phenoxy) is 5. The van der Waals surface area contributed by atoms with E-state index in [-0.39, 0.29) is 35.2 Å². The van der Waals surface area contributed by atoms with Gasteiger partial charge in [-0.2, -0.15) is 0 Å². The molecule has 4 amide bonds. The highest BCUT2D eigenvalue weighted by molar-refractivity contribution is 8.76. The number of Topliss-reactive ketones (excluding diaryl/α,β-unsaturated/α-hetero) is 1. The zero-order chi connectivity index (χ0) is 45.7. The molecule has 1 aromatic rings. The molecule has 16 nitrogen and oxygen atoms in total. The van der Waals surface area contributed by atoms with Crippen molar-refractivity contribution in [3.63, 3.8) is 0 Å². The number of epoxide rings is 1. The number of aliphatic hydroxyl groups is 1. The molecule has 2 unspecified atom stereocenters. The van der Waals surface area contributed by atoms with Crippen LogP contribution in [0, 0.1) is 11.8 Å². The van der Waals surface area contributed by atoms with E-state index in [1.165, 1.54) is 87.5 Å². The highest BCUT2D eigenvalue weighted by Gasteiger charge is 2.68. The van der Waals surface area contributed by atoms with Gasteiger partial charge in [0.1, 0.15) is 40.5 Å². The molecular weight excluding hydrogens is 852 g/mol. The number of halogens is 1. The Balaban J connectivity index is 1.98. The molecule has 61 heavy (non-hydrogen) atoms. The smallest absolute Gasteiger partial charge is 0.409 e. The van der Waals surface area contributed by atoms with E-state index in [4.69, 9.17) is 35.3 Å². The number of alkyl carbamates (subject to hydrolysis) is 1. The van der Waals surface area contributed by atoms with Crippen molar-refractivity contribution in [1.82, 2.24) is 15.1 Å². The lowest BCUT2D eigenvalue weighted by Crippen LogP contribution is -2.63. The number of amides is 4. The van der Waals surface area contributed by atoms with Crippen molar-refractivity contribution in [2.45, 2.75) is 109 Å². The minimum Gasteiger partial charge on any atom is -0.495 e. The highest BCUT2D eigenvalue weighted by Crippen LogP contribution is 2.51. The molecule has 1 aromatic carbocycles. The van der Waals surface area contributed by atoms with Gasteiger partial charge in [0, 0.05) is 59.7 Å². The molecule has 3 aliphatic heterocycles. The van der Waals surface area contributed by atoms with Crippen molar-refractivity contribution < 1.29 is 57.6 Å². The van der Waals surface area contributed by atoms with E-state index in [1.807, 2.05) is 13.2 Å². The van der Waals surface area contributed by atoms with Gasteiger partial charge in [0.15, 0.2) is 17.6 Å². The van der Waals surface area contributed by atoms with Crippen LogP contribution >= 0.6 is 33.2 Å². The van der Waals surface area contributed by atoms with Crippen LogP contribution in [0.15, 0.2) is 35.9 Å². The standard InChI is InChI=1S/C42H59ClN4O12S2/c1-22-14-13-15-31(56-11)42(54)21-30(57-40(53)44-42)23(2)36-41(6,59-36)37(58-39(52)25(4)45(7)26(5)48)33(35(50)24(3)46(8)32(49)16-17-61-60-12)38(51)47(9)28-19-27(18-22)20-29(55-10)34(28)43/h13-15,19-20,23-25,30-31,33,36-37,54H,16-18,21H2,1-12H3,(H,44,53)/b15-13+,22-14+/t23-,24-,25+,30+,31?,33?,36+,37+,41-,42+/m1/s1. The second-order valence-corrected chi connectivity index (χ2v) is 19.1. The van der Waals surface area contributed by atoms with E-state index in [9.17, 15) is 24.3 Å². The number of hydrogen-bond donors (Lipinski definition) is 2. The molecule has 0 aromatic heterocycles. The third-order valence-corrected chi connectivity index (χ3v) is 14.1. The zero-order valence-corrected chi connectivity index (χ0v) is 39.2. The molecule has 338 valence electrons. The van der Waals surface area contributed by atoms with E-state index >= 15 is 9.59 Å². The molecule has 10 atom stereocenters. The lowest BCUT2D eigenvalue weighted by Gasteiger charge is -2.42. The number of carbonyl (C=O) groups excluding carboxylic acids is 6. The maximum Gasteiger partial charge on any atom is 0.409 e. The summed E-state index contributed by atoms with van der Waals surface area (Å²) >= 11 is 6.91. The zero-order valence-electron chi connectivity index (χ0n) is 36.8. The Morgan fingerprint density at radius 2 is 1.80 bits per heavy atom. The molecule has 0 radical (unpaired) electrons. The van der Waals surface area contributed by atoms with E-state index in [1.54, 1.807) is 44.2 Å². The summed E-state index contributed by atoms with van der Waals surface area (Å²) in [5, 5.41) is 14.5. The summed E-state index contributed by atoms with van der Waals surface area (Å²) in [6, 6.07) is 1.02. The average Bonchev–Trinajstić information content (AvgIpc) is 3.91. The first kappa shape index (κ1) is 49.8. The molecule has 0 saturated carbocycles. The van der Waals surface area contributed by atoms with Gasteiger partial charge in [-0.15, -0.1) is 0 Å². The first-order valence-corrected chi connectivity index (χ1v) is 23.0. The number of nitrogens with zero attached hydrogens (tertiary/aromatic N) is 3. The van der Waals surface area contributed by atoms with Crippen molar-refractivity contribution in [2.75, 3.05) is 52.3 Å². The Morgan fingerprint density at radius 1 is 1.13 bits per heavy atom. The van der Waals surface area contributed by atoms with Gasteiger partial charge < -0.3 is 43.5 Å². The summed E-state index contributed by atoms with van der Waals surface area (Å²) < 4.78 is 29.6. The summed E-state index contributed by atoms with van der Waals surface area (Å²) in [5.74, 6) is -5.19. The molecule has 3 aliphatic rings. The quantitative estimate of drug-likeness (QED) is 0.0974. The number of anilines is 1.